The molecule has 3 aromatic rings. The molecule has 25 heavy (non-hydrogen) atoms. The smallest absolute Gasteiger partial charge is 0.287 e. The number of anilines is 1. The van der Waals surface area contributed by atoms with Crippen molar-refractivity contribution < 1.29 is 0 Å². The third-order valence-electron chi connectivity index (χ3n) is 3.92. The molecule has 6 heteroatoms. The minimum atomic E-state index is -0.290. The predicted molar refractivity (Wildman–Crippen MR) is 105 cm³/mol. The minimum absolute atomic E-state index is 0.181. The summed E-state index contributed by atoms with van der Waals surface area (Å²) in [4.78, 5) is 14.5. The van der Waals surface area contributed by atoms with E-state index in [1.54, 1.807) is 6.20 Å². The molecule has 128 valence electrons. The molecule has 0 aliphatic heterocycles. The van der Waals surface area contributed by atoms with E-state index in [1.165, 1.54) is 4.68 Å². The number of aromatic nitrogens is 2. The molecule has 0 N–H and O–H groups in total. The van der Waals surface area contributed by atoms with Gasteiger partial charge in [-0.05, 0) is 17.2 Å². The first-order valence-electron chi connectivity index (χ1n) is 7.80. The zero-order valence-electron chi connectivity index (χ0n) is 13.7. The number of nitrogens with zero attached hydrogens (tertiary/aromatic N) is 3. The van der Waals surface area contributed by atoms with Crippen LogP contribution in [0.5, 0.6) is 0 Å². The molecule has 0 radical (unpaired) electrons. The van der Waals surface area contributed by atoms with Crippen LogP contribution in [0.1, 0.15) is 11.1 Å². The second-order valence-electron chi connectivity index (χ2n) is 5.74. The van der Waals surface area contributed by atoms with Gasteiger partial charge >= 0.3 is 0 Å². The van der Waals surface area contributed by atoms with Gasteiger partial charge in [-0.2, -0.15) is 5.10 Å². The van der Waals surface area contributed by atoms with Gasteiger partial charge in [-0.3, -0.25) is 4.79 Å². The molecular formula is C19H17BrClN3O. The van der Waals surface area contributed by atoms with Crippen LogP contribution in [0.15, 0.2) is 70.1 Å². The number of benzene rings is 2. The van der Waals surface area contributed by atoms with Crippen molar-refractivity contribution in [2.75, 3.05) is 11.9 Å². The summed E-state index contributed by atoms with van der Waals surface area (Å²) in [5.41, 5.74) is 2.44. The Labute approximate surface area is 159 Å². The highest BCUT2D eigenvalue weighted by Crippen LogP contribution is 2.24. The van der Waals surface area contributed by atoms with E-state index in [0.717, 1.165) is 15.6 Å². The van der Waals surface area contributed by atoms with E-state index in [1.807, 2.05) is 66.5 Å². The summed E-state index contributed by atoms with van der Waals surface area (Å²) in [5, 5.41) is 4.47. The van der Waals surface area contributed by atoms with Crippen molar-refractivity contribution in [1.29, 1.82) is 0 Å². The van der Waals surface area contributed by atoms with Crippen LogP contribution in [0, 0.1) is 0 Å². The standard InChI is InChI=1S/C19H17BrClN3O/c1-23(13-15-9-5-6-10-16(15)20)17-11-22-24(19(25)18(17)21)12-14-7-3-2-4-8-14/h2-11H,12-13H2,1H3. The SMILES string of the molecule is CN(Cc1ccccc1Br)c1cnn(Cc2ccccc2)c(=O)c1Cl. The predicted octanol–water partition coefficient (Wildman–Crippen LogP) is 4.34. The average molecular weight is 419 g/mol. The maximum atomic E-state index is 12.6. The molecule has 3 rings (SSSR count). The molecule has 0 aliphatic rings. The summed E-state index contributed by atoms with van der Waals surface area (Å²) < 4.78 is 2.40. The third kappa shape index (κ3) is 4.11. The van der Waals surface area contributed by atoms with Gasteiger partial charge in [0.1, 0.15) is 5.02 Å². The summed E-state index contributed by atoms with van der Waals surface area (Å²) in [6, 6.07) is 17.7. The van der Waals surface area contributed by atoms with Crippen LogP contribution in [-0.4, -0.2) is 16.8 Å². The zero-order chi connectivity index (χ0) is 17.8. The monoisotopic (exact) mass is 417 g/mol. The molecule has 0 atom stereocenters. The summed E-state index contributed by atoms with van der Waals surface area (Å²) in [6.45, 7) is 1.01. The van der Waals surface area contributed by atoms with Crippen LogP contribution in [0.2, 0.25) is 5.02 Å². The molecule has 0 aliphatic carbocycles. The first-order valence-corrected chi connectivity index (χ1v) is 8.97. The third-order valence-corrected chi connectivity index (χ3v) is 5.05. The normalized spacial score (nSPS) is 10.7. The average Bonchev–Trinajstić information content (AvgIpc) is 2.62. The van der Waals surface area contributed by atoms with Crippen molar-refractivity contribution in [3.05, 3.63) is 91.8 Å². The lowest BCUT2D eigenvalue weighted by molar-refractivity contribution is 0.637. The van der Waals surface area contributed by atoms with Crippen molar-refractivity contribution >= 4 is 33.2 Å². The van der Waals surface area contributed by atoms with Crippen molar-refractivity contribution in [2.45, 2.75) is 13.1 Å². The van der Waals surface area contributed by atoms with Crippen molar-refractivity contribution in [1.82, 2.24) is 9.78 Å². The molecule has 0 saturated heterocycles. The second kappa shape index (κ2) is 7.85. The van der Waals surface area contributed by atoms with Gasteiger partial charge in [0.15, 0.2) is 0 Å². The highest BCUT2D eigenvalue weighted by Gasteiger charge is 2.14. The van der Waals surface area contributed by atoms with Crippen LogP contribution < -0.4 is 10.5 Å². The van der Waals surface area contributed by atoms with Crippen molar-refractivity contribution in [3.63, 3.8) is 0 Å². The van der Waals surface area contributed by atoms with Crippen molar-refractivity contribution in [2.24, 2.45) is 0 Å². The molecule has 0 saturated carbocycles. The summed E-state index contributed by atoms with van der Waals surface area (Å²) in [5.74, 6) is 0. The van der Waals surface area contributed by atoms with Crippen LogP contribution in [-0.2, 0) is 13.1 Å². The Balaban J connectivity index is 1.85. The first kappa shape index (κ1) is 17.7. The van der Waals surface area contributed by atoms with E-state index in [9.17, 15) is 4.79 Å². The quantitative estimate of drug-likeness (QED) is 0.618. The topological polar surface area (TPSA) is 38.1 Å². The second-order valence-corrected chi connectivity index (χ2v) is 6.97. The number of halogens is 2. The largest absolute Gasteiger partial charge is 0.368 e. The fourth-order valence-corrected chi connectivity index (χ4v) is 3.26. The van der Waals surface area contributed by atoms with E-state index >= 15 is 0 Å². The molecule has 4 nitrogen and oxygen atoms in total. The first-order chi connectivity index (χ1) is 12.1. The zero-order valence-corrected chi connectivity index (χ0v) is 16.0. The van der Waals surface area contributed by atoms with Gasteiger partial charge < -0.3 is 4.90 Å². The maximum Gasteiger partial charge on any atom is 0.287 e. The molecule has 0 unspecified atom stereocenters. The lowest BCUT2D eigenvalue weighted by Gasteiger charge is -2.21. The lowest BCUT2D eigenvalue weighted by atomic mass is 10.2. The van der Waals surface area contributed by atoms with Gasteiger partial charge in [0.25, 0.3) is 5.56 Å². The van der Waals surface area contributed by atoms with E-state index in [4.69, 9.17) is 11.6 Å². The summed E-state index contributed by atoms with van der Waals surface area (Å²) in [6.07, 6.45) is 1.64. The molecule has 0 bridgehead atoms. The Kier molecular flexibility index (Phi) is 5.56. The van der Waals surface area contributed by atoms with E-state index in [0.29, 0.717) is 18.8 Å². The van der Waals surface area contributed by atoms with E-state index in [2.05, 4.69) is 21.0 Å². The highest BCUT2D eigenvalue weighted by atomic mass is 79.9. The van der Waals surface area contributed by atoms with Gasteiger partial charge in [-0.1, -0.05) is 76.1 Å². The lowest BCUT2D eigenvalue weighted by Crippen LogP contribution is -2.27. The molecule has 1 aromatic heterocycles. The molecule has 0 spiro atoms. The Morgan fingerprint density at radius 2 is 1.80 bits per heavy atom. The van der Waals surface area contributed by atoms with Crippen molar-refractivity contribution in [3.8, 4) is 0 Å². The van der Waals surface area contributed by atoms with E-state index < -0.39 is 0 Å². The van der Waals surface area contributed by atoms with Gasteiger partial charge in [0.05, 0.1) is 18.4 Å². The molecule has 0 amide bonds. The summed E-state index contributed by atoms with van der Waals surface area (Å²) in [7, 11) is 1.89. The summed E-state index contributed by atoms with van der Waals surface area (Å²) >= 11 is 9.88. The maximum absolute atomic E-state index is 12.6. The highest BCUT2D eigenvalue weighted by molar-refractivity contribution is 9.10. The van der Waals surface area contributed by atoms with E-state index in [-0.39, 0.29) is 10.6 Å². The van der Waals surface area contributed by atoms with Crippen LogP contribution >= 0.6 is 27.5 Å². The number of rotatable bonds is 5. The Morgan fingerprint density at radius 3 is 2.52 bits per heavy atom. The number of hydrogen-bond acceptors (Lipinski definition) is 3. The van der Waals surface area contributed by atoms with Gasteiger partial charge in [0, 0.05) is 18.1 Å². The fraction of sp³-hybridized carbons (Fsp3) is 0.158. The van der Waals surface area contributed by atoms with Gasteiger partial charge in [-0.15, -0.1) is 0 Å². The number of hydrogen-bond donors (Lipinski definition) is 0. The molecular weight excluding hydrogens is 402 g/mol. The minimum Gasteiger partial charge on any atom is -0.368 e. The fourth-order valence-electron chi connectivity index (χ4n) is 2.56. The molecule has 0 fully saturated rings. The molecule has 1 heterocycles. The Bertz CT molecular complexity index is 927. The Hall–Kier alpha value is -2.11. The Morgan fingerprint density at radius 1 is 1.12 bits per heavy atom. The van der Waals surface area contributed by atoms with Gasteiger partial charge in [0.2, 0.25) is 0 Å². The molecule has 2 aromatic carbocycles. The van der Waals surface area contributed by atoms with Crippen LogP contribution in [0.4, 0.5) is 5.69 Å². The van der Waals surface area contributed by atoms with Crippen LogP contribution in [0.3, 0.4) is 0 Å². The van der Waals surface area contributed by atoms with Gasteiger partial charge in [-0.25, -0.2) is 4.68 Å². The van der Waals surface area contributed by atoms with Crippen LogP contribution in [0.25, 0.3) is 0 Å².